The van der Waals surface area contributed by atoms with Crippen LogP contribution in [0.15, 0.2) is 218 Å². The Hall–Kier alpha value is -7.99. The first-order chi connectivity index (χ1) is 35.7. The van der Waals surface area contributed by atoms with Crippen LogP contribution in [0.2, 0.25) is 0 Å². The summed E-state index contributed by atoms with van der Waals surface area (Å²) < 4.78 is 113. The topological polar surface area (TPSA) is 43.6 Å². The smallest absolute Gasteiger partial charge is 0.166 e. The van der Waals surface area contributed by atoms with Gasteiger partial charge in [0.25, 0.3) is 0 Å². The zero-order valence-corrected chi connectivity index (χ0v) is 33.4. The maximum atomic E-state index is 9.85. The lowest BCUT2D eigenvalue weighted by atomic mass is 10.00. The third-order valence-electron chi connectivity index (χ3n) is 11.0. The maximum Gasteiger partial charge on any atom is 0.166 e. The molecule has 0 amide bonds. The highest BCUT2D eigenvalue weighted by atomic mass is 32.1. The normalized spacial score (nSPS) is 14.3. The van der Waals surface area contributed by atoms with Gasteiger partial charge in [-0.3, -0.25) is 0 Å². The van der Waals surface area contributed by atoms with Crippen molar-refractivity contribution in [1.29, 1.82) is 0 Å². The second-order valence-corrected chi connectivity index (χ2v) is 15.8. The van der Waals surface area contributed by atoms with E-state index in [-0.39, 0.29) is 33.3 Å². The molecule has 0 saturated heterocycles. The molecule has 0 aliphatic heterocycles. The van der Waals surface area contributed by atoms with Gasteiger partial charge in [-0.15, -0.1) is 11.3 Å². The fourth-order valence-corrected chi connectivity index (χ4v) is 9.18. The molecule has 0 aliphatic carbocycles. The Balaban J connectivity index is 1.20. The van der Waals surface area contributed by atoms with Crippen LogP contribution >= 0.6 is 11.3 Å². The third kappa shape index (κ3) is 6.26. The fourth-order valence-electron chi connectivity index (χ4n) is 8.03. The van der Waals surface area contributed by atoms with Crippen LogP contribution < -0.4 is 0 Å². The predicted molar refractivity (Wildman–Crippen MR) is 260 cm³/mol. The van der Waals surface area contributed by atoms with E-state index in [1.54, 1.807) is 11.3 Å². The molecule has 0 spiro atoms. The summed E-state index contributed by atoms with van der Waals surface area (Å²) >= 11 is 1.65. The molecule has 0 unspecified atom stereocenters. The lowest BCUT2D eigenvalue weighted by Gasteiger charge is -2.17. The summed E-state index contributed by atoms with van der Waals surface area (Å²) in [5.74, 6) is 0.824. The molecule has 12 aromatic rings. The van der Waals surface area contributed by atoms with Gasteiger partial charge in [-0.25, -0.2) is 15.0 Å². The number of rotatable bonds is 7. The van der Waals surface area contributed by atoms with Gasteiger partial charge < -0.3 is 4.57 Å². The van der Waals surface area contributed by atoms with Crippen molar-refractivity contribution in [3.05, 3.63) is 218 Å². The SMILES string of the molecule is [2H]c1c([2H])c([2H])c(-c2c([2H])c([2H])c3c(c2[2H])c2c([2H])c([2H])c([2H])c([2H])c2n3-c2cc(-c3ccc4c(c3)sc3ccccc34)ccc2-c2nc(-c3ccccc3)nc(-c3ccc(-c4ccccc4)cc3)n2)c([2H])c1[2H]. The Kier molecular flexibility index (Phi) is 6.16. The van der Waals surface area contributed by atoms with Crippen molar-refractivity contribution in [2.24, 2.45) is 0 Å². The minimum atomic E-state index is -0.704. The number of para-hydroxylation sites is 1. The fraction of sp³-hybridized carbons (Fsp3) is 0. The van der Waals surface area contributed by atoms with Crippen LogP contribution in [0.1, 0.15) is 16.4 Å². The van der Waals surface area contributed by atoms with Crippen molar-refractivity contribution in [3.8, 4) is 73.2 Å². The summed E-state index contributed by atoms with van der Waals surface area (Å²) in [5, 5.41) is 1.85. The standard InChI is InChI=1S/C57H36N4S/c1-4-14-37(15-5-1)39-24-26-41(27-25-39)56-58-55(40-18-8-3-9-19-40)59-57(60-56)48-32-29-43(44-28-31-47-46-21-11-13-23-53(46)62-54(47)36-44)35-52(48)61-50-22-12-10-20-45(50)49-34-42(30-33-51(49)61)38-16-6-2-7-17-38/h1-36H/i2D,6D,7D,10D,12D,16D,17D,20D,22D,30D,33D,34D. The van der Waals surface area contributed by atoms with Crippen LogP contribution in [0.25, 0.3) is 115 Å². The Morgan fingerprint density at radius 1 is 0.371 bits per heavy atom. The Morgan fingerprint density at radius 2 is 0.952 bits per heavy atom. The van der Waals surface area contributed by atoms with E-state index in [2.05, 4.69) is 24.3 Å². The molecule has 0 saturated carbocycles. The van der Waals surface area contributed by atoms with Gasteiger partial charge >= 0.3 is 0 Å². The van der Waals surface area contributed by atoms with E-state index in [0.29, 0.717) is 33.9 Å². The second-order valence-electron chi connectivity index (χ2n) is 14.7. The van der Waals surface area contributed by atoms with E-state index in [1.165, 1.54) is 4.57 Å². The number of thiophene rings is 1. The second kappa shape index (κ2) is 14.9. The van der Waals surface area contributed by atoms with Gasteiger partial charge in [-0.05, 0) is 75.8 Å². The Labute approximate surface area is 379 Å². The van der Waals surface area contributed by atoms with Crippen LogP contribution in [0.5, 0.6) is 0 Å². The van der Waals surface area contributed by atoms with Crippen molar-refractivity contribution in [2.75, 3.05) is 0 Å². The highest BCUT2D eigenvalue weighted by Gasteiger charge is 2.21. The highest BCUT2D eigenvalue weighted by Crippen LogP contribution is 2.41. The molecule has 290 valence electrons. The number of fused-ring (bicyclic) bond motifs is 6. The van der Waals surface area contributed by atoms with Crippen LogP contribution in [0, 0.1) is 0 Å². The summed E-state index contributed by atoms with van der Waals surface area (Å²) in [6, 6.07) is 39.5. The van der Waals surface area contributed by atoms with Crippen molar-refractivity contribution >= 4 is 53.3 Å². The molecule has 9 aromatic carbocycles. The lowest BCUT2D eigenvalue weighted by molar-refractivity contribution is 1.06. The van der Waals surface area contributed by atoms with Crippen LogP contribution in [-0.4, -0.2) is 19.5 Å². The maximum absolute atomic E-state index is 9.85. The molecule has 0 bridgehead atoms. The number of nitrogens with zero attached hydrogens (tertiary/aromatic N) is 4. The monoisotopic (exact) mass is 820 g/mol. The van der Waals surface area contributed by atoms with Gasteiger partial charge in [-0.2, -0.15) is 0 Å². The van der Waals surface area contributed by atoms with Gasteiger partial charge in [-0.1, -0.05) is 176 Å². The molecule has 0 atom stereocenters. The van der Waals surface area contributed by atoms with E-state index in [1.807, 2.05) is 121 Å². The first kappa shape index (κ1) is 25.6. The van der Waals surface area contributed by atoms with Crippen LogP contribution in [-0.2, 0) is 0 Å². The number of benzene rings is 9. The number of aromatic nitrogens is 4. The number of hydrogen-bond acceptors (Lipinski definition) is 4. The zero-order valence-electron chi connectivity index (χ0n) is 44.6. The lowest BCUT2D eigenvalue weighted by Crippen LogP contribution is -2.04. The van der Waals surface area contributed by atoms with Crippen LogP contribution in [0.4, 0.5) is 0 Å². The first-order valence-electron chi connectivity index (χ1n) is 25.9. The summed E-state index contributed by atoms with van der Waals surface area (Å²) in [6.07, 6.45) is 0. The van der Waals surface area contributed by atoms with Crippen LogP contribution in [0.3, 0.4) is 0 Å². The quantitative estimate of drug-likeness (QED) is 0.161. The summed E-state index contributed by atoms with van der Waals surface area (Å²) in [7, 11) is 0. The van der Waals surface area contributed by atoms with E-state index < -0.39 is 83.6 Å². The average molecular weight is 821 g/mol. The minimum Gasteiger partial charge on any atom is -0.308 e. The largest absolute Gasteiger partial charge is 0.308 e. The zero-order chi connectivity index (χ0) is 51.4. The molecule has 0 aliphatic rings. The van der Waals surface area contributed by atoms with Crippen molar-refractivity contribution in [1.82, 2.24) is 19.5 Å². The van der Waals surface area contributed by atoms with E-state index in [4.69, 9.17) is 24.5 Å². The molecule has 0 fully saturated rings. The summed E-state index contributed by atoms with van der Waals surface area (Å²) in [6.45, 7) is 0. The minimum absolute atomic E-state index is 0.127. The van der Waals surface area contributed by atoms with E-state index in [9.17, 15) is 6.85 Å². The third-order valence-corrected chi connectivity index (χ3v) is 12.2. The number of hydrogen-bond donors (Lipinski definition) is 0. The predicted octanol–water partition coefficient (Wildman–Crippen LogP) is 15.3. The average Bonchev–Trinajstić information content (AvgIpc) is 4.02. The molecule has 0 N–H and O–H groups in total. The van der Waals surface area contributed by atoms with Crippen molar-refractivity contribution < 1.29 is 16.4 Å². The molecule has 4 nitrogen and oxygen atoms in total. The molecule has 0 radical (unpaired) electrons. The highest BCUT2D eigenvalue weighted by molar-refractivity contribution is 7.25. The Bertz CT molecular complexity index is 4300. The molecule has 12 rings (SSSR count). The summed E-state index contributed by atoms with van der Waals surface area (Å²) in [4.78, 5) is 15.2. The molecular weight excluding hydrogens is 773 g/mol. The first-order valence-corrected chi connectivity index (χ1v) is 20.7. The van der Waals surface area contributed by atoms with Gasteiger partial charge in [0.2, 0.25) is 0 Å². The molecule has 3 aromatic heterocycles. The molecule has 5 heteroatoms. The van der Waals surface area contributed by atoms with Gasteiger partial charge in [0.1, 0.15) is 0 Å². The van der Waals surface area contributed by atoms with Gasteiger partial charge in [0, 0.05) is 47.6 Å². The molecular formula is C57H36N4S. The van der Waals surface area contributed by atoms with E-state index in [0.717, 1.165) is 36.9 Å². The van der Waals surface area contributed by atoms with Gasteiger partial charge in [0.15, 0.2) is 17.5 Å². The summed E-state index contributed by atoms with van der Waals surface area (Å²) in [5.41, 5.74) is 4.23. The molecule has 3 heterocycles. The van der Waals surface area contributed by atoms with Gasteiger partial charge in [0.05, 0.1) is 33.2 Å². The molecule has 62 heavy (non-hydrogen) atoms. The van der Waals surface area contributed by atoms with Crippen molar-refractivity contribution in [2.45, 2.75) is 0 Å². The van der Waals surface area contributed by atoms with E-state index >= 15 is 0 Å². The van der Waals surface area contributed by atoms with Crippen molar-refractivity contribution in [3.63, 3.8) is 0 Å². The Morgan fingerprint density at radius 3 is 1.76 bits per heavy atom.